The van der Waals surface area contributed by atoms with E-state index >= 15 is 0 Å². The molecule has 0 unspecified atom stereocenters. The molecule has 2 aromatic carbocycles. The van der Waals surface area contributed by atoms with Crippen molar-refractivity contribution in [1.29, 1.82) is 0 Å². The molecule has 0 radical (unpaired) electrons. The number of carbonyl (C=O) groups is 1. The van der Waals surface area contributed by atoms with E-state index in [1.165, 1.54) is 38.6 Å². The van der Waals surface area contributed by atoms with Crippen LogP contribution < -0.4 is 19.5 Å². The number of ether oxygens (including phenoxy) is 4. The lowest BCUT2D eigenvalue weighted by molar-refractivity contribution is -0.385. The molecule has 178 valence electrons. The Morgan fingerprint density at radius 1 is 1.12 bits per heavy atom. The summed E-state index contributed by atoms with van der Waals surface area (Å²) in [6, 6.07) is 9.82. The fourth-order valence-corrected chi connectivity index (χ4v) is 2.94. The summed E-state index contributed by atoms with van der Waals surface area (Å²) in [5.41, 5.74) is -0.256. The molecule has 0 aliphatic heterocycles. The first kappa shape index (κ1) is 24.4. The molecule has 34 heavy (non-hydrogen) atoms. The van der Waals surface area contributed by atoms with Gasteiger partial charge in [-0.05, 0) is 29.8 Å². The summed E-state index contributed by atoms with van der Waals surface area (Å²) in [6.45, 7) is 0.331. The number of amides is 1. The first-order valence-corrected chi connectivity index (χ1v) is 10.1. The third kappa shape index (κ3) is 6.17. The van der Waals surface area contributed by atoms with Crippen molar-refractivity contribution in [3.63, 3.8) is 0 Å². The second-order valence-corrected chi connectivity index (χ2v) is 6.86. The second-order valence-electron chi connectivity index (χ2n) is 6.86. The summed E-state index contributed by atoms with van der Waals surface area (Å²) >= 11 is 0. The number of nitrogens with one attached hydrogen (secondary N) is 1. The number of methoxy groups -OCH3 is 2. The van der Waals surface area contributed by atoms with Crippen LogP contribution in [-0.4, -0.2) is 43.2 Å². The summed E-state index contributed by atoms with van der Waals surface area (Å²) in [5, 5.41) is 14.1. The van der Waals surface area contributed by atoms with Crippen molar-refractivity contribution in [2.75, 3.05) is 27.4 Å². The molecule has 0 bridgehead atoms. The standard InChI is InChI=1S/C23H22FN3O7/c1-31-8-9-33-22-12-19(27(29)30)17(11-21(22)32-2)23(28)26-13-15-5-6-20(18(24)10-15)34-16-4-3-7-25-14-16/h3-7,10-12,14H,8-9,13H2,1-2H3,(H,26,28). The lowest BCUT2D eigenvalue weighted by Crippen LogP contribution is -2.24. The number of nitrogens with zero attached hydrogens (tertiary/aromatic N) is 2. The molecule has 0 saturated heterocycles. The van der Waals surface area contributed by atoms with Crippen LogP contribution in [0.5, 0.6) is 23.0 Å². The maximum atomic E-state index is 14.4. The number of hydrogen-bond acceptors (Lipinski definition) is 8. The van der Waals surface area contributed by atoms with Crippen LogP contribution in [0.3, 0.4) is 0 Å². The van der Waals surface area contributed by atoms with Gasteiger partial charge in [-0.15, -0.1) is 0 Å². The van der Waals surface area contributed by atoms with Gasteiger partial charge in [0.1, 0.15) is 17.9 Å². The van der Waals surface area contributed by atoms with Crippen LogP contribution in [0.15, 0.2) is 54.9 Å². The minimum Gasteiger partial charge on any atom is -0.493 e. The van der Waals surface area contributed by atoms with Crippen LogP contribution in [0.25, 0.3) is 0 Å². The number of benzene rings is 2. The van der Waals surface area contributed by atoms with Gasteiger partial charge in [0.2, 0.25) is 0 Å². The molecule has 1 N–H and O–H groups in total. The quantitative estimate of drug-likeness (QED) is 0.254. The smallest absolute Gasteiger partial charge is 0.286 e. The van der Waals surface area contributed by atoms with Gasteiger partial charge >= 0.3 is 0 Å². The van der Waals surface area contributed by atoms with Crippen molar-refractivity contribution in [3.05, 3.63) is 81.9 Å². The summed E-state index contributed by atoms with van der Waals surface area (Å²) in [6.07, 6.45) is 3.01. The van der Waals surface area contributed by atoms with E-state index in [2.05, 4.69) is 10.3 Å². The molecule has 0 aliphatic carbocycles. The number of carbonyl (C=O) groups excluding carboxylic acids is 1. The third-order valence-corrected chi connectivity index (χ3v) is 4.58. The summed E-state index contributed by atoms with van der Waals surface area (Å²) in [4.78, 5) is 27.5. The van der Waals surface area contributed by atoms with Crippen molar-refractivity contribution in [2.24, 2.45) is 0 Å². The third-order valence-electron chi connectivity index (χ3n) is 4.58. The predicted octanol–water partition coefficient (Wildman–Crippen LogP) is 3.89. The summed E-state index contributed by atoms with van der Waals surface area (Å²) in [7, 11) is 2.84. The van der Waals surface area contributed by atoms with E-state index in [1.54, 1.807) is 24.4 Å². The first-order valence-electron chi connectivity index (χ1n) is 10.1. The zero-order chi connectivity index (χ0) is 24.5. The minimum absolute atomic E-state index is 0.00693. The van der Waals surface area contributed by atoms with Gasteiger partial charge in [0.15, 0.2) is 23.1 Å². The van der Waals surface area contributed by atoms with Crippen LogP contribution in [0, 0.1) is 15.9 Å². The van der Waals surface area contributed by atoms with Crippen molar-refractivity contribution >= 4 is 11.6 Å². The van der Waals surface area contributed by atoms with Crippen LogP contribution in [0.4, 0.5) is 10.1 Å². The first-order chi connectivity index (χ1) is 16.4. The molecular weight excluding hydrogens is 449 g/mol. The Bertz CT molecular complexity index is 1160. The zero-order valence-corrected chi connectivity index (χ0v) is 18.4. The average molecular weight is 471 g/mol. The Morgan fingerprint density at radius 3 is 2.59 bits per heavy atom. The van der Waals surface area contributed by atoms with Crippen molar-refractivity contribution < 1.29 is 33.1 Å². The van der Waals surface area contributed by atoms with E-state index in [4.69, 9.17) is 18.9 Å². The SMILES string of the molecule is COCCOc1cc([N+](=O)[O-])c(C(=O)NCc2ccc(Oc3cccnc3)c(F)c2)cc1OC. The van der Waals surface area contributed by atoms with Crippen LogP contribution in [0.2, 0.25) is 0 Å². The van der Waals surface area contributed by atoms with Crippen molar-refractivity contribution in [2.45, 2.75) is 6.54 Å². The summed E-state index contributed by atoms with van der Waals surface area (Å²) < 4.78 is 35.4. The average Bonchev–Trinajstić information content (AvgIpc) is 2.84. The van der Waals surface area contributed by atoms with Gasteiger partial charge in [-0.25, -0.2) is 4.39 Å². The minimum atomic E-state index is -0.732. The molecule has 1 heterocycles. The van der Waals surface area contributed by atoms with Gasteiger partial charge < -0.3 is 24.3 Å². The van der Waals surface area contributed by atoms with Crippen LogP contribution >= 0.6 is 0 Å². The molecule has 1 amide bonds. The molecule has 0 aliphatic rings. The largest absolute Gasteiger partial charge is 0.493 e. The van der Waals surface area contributed by atoms with E-state index in [1.807, 2.05) is 0 Å². The van der Waals surface area contributed by atoms with E-state index in [0.29, 0.717) is 11.3 Å². The zero-order valence-electron chi connectivity index (χ0n) is 18.4. The topological polar surface area (TPSA) is 122 Å². The Hall–Kier alpha value is -4.25. The molecule has 11 heteroatoms. The molecule has 0 spiro atoms. The molecule has 1 aromatic heterocycles. The van der Waals surface area contributed by atoms with Gasteiger partial charge in [-0.3, -0.25) is 19.9 Å². The van der Waals surface area contributed by atoms with E-state index < -0.39 is 22.3 Å². The fraction of sp³-hybridized carbons (Fsp3) is 0.217. The number of rotatable bonds is 11. The van der Waals surface area contributed by atoms with E-state index in [9.17, 15) is 19.3 Å². The maximum Gasteiger partial charge on any atom is 0.286 e. The normalized spacial score (nSPS) is 10.4. The summed E-state index contributed by atoms with van der Waals surface area (Å²) in [5.74, 6) is -0.750. The monoisotopic (exact) mass is 471 g/mol. The highest BCUT2D eigenvalue weighted by Gasteiger charge is 2.25. The molecule has 10 nitrogen and oxygen atoms in total. The van der Waals surface area contributed by atoms with Gasteiger partial charge in [-0.1, -0.05) is 6.07 Å². The highest BCUT2D eigenvalue weighted by molar-refractivity contribution is 5.99. The van der Waals surface area contributed by atoms with E-state index in [-0.39, 0.29) is 42.6 Å². The highest BCUT2D eigenvalue weighted by Crippen LogP contribution is 2.35. The fourth-order valence-electron chi connectivity index (χ4n) is 2.94. The van der Waals surface area contributed by atoms with Crippen LogP contribution in [-0.2, 0) is 11.3 Å². The molecule has 3 rings (SSSR count). The number of nitro groups is 1. The van der Waals surface area contributed by atoms with Crippen molar-refractivity contribution in [3.8, 4) is 23.0 Å². The number of pyridine rings is 1. The lowest BCUT2D eigenvalue weighted by atomic mass is 10.1. The van der Waals surface area contributed by atoms with Crippen LogP contribution in [0.1, 0.15) is 15.9 Å². The number of aromatic nitrogens is 1. The maximum absolute atomic E-state index is 14.4. The number of nitro benzene ring substituents is 1. The number of hydrogen-bond donors (Lipinski definition) is 1. The molecule has 0 fully saturated rings. The molecule has 3 aromatic rings. The van der Waals surface area contributed by atoms with Gasteiger partial charge in [0.05, 0.1) is 30.9 Å². The molecular formula is C23H22FN3O7. The Balaban J connectivity index is 1.73. The number of halogens is 1. The lowest BCUT2D eigenvalue weighted by Gasteiger charge is -2.13. The van der Waals surface area contributed by atoms with Gasteiger partial charge in [0.25, 0.3) is 11.6 Å². The Morgan fingerprint density at radius 2 is 1.94 bits per heavy atom. The second kappa shape index (κ2) is 11.6. The molecule has 0 atom stereocenters. The molecule has 0 saturated carbocycles. The Labute approximate surface area is 194 Å². The highest BCUT2D eigenvalue weighted by atomic mass is 19.1. The van der Waals surface area contributed by atoms with Gasteiger partial charge in [0, 0.05) is 25.9 Å². The Kier molecular flexibility index (Phi) is 8.30. The van der Waals surface area contributed by atoms with Gasteiger partial charge in [-0.2, -0.15) is 0 Å². The van der Waals surface area contributed by atoms with Crippen molar-refractivity contribution in [1.82, 2.24) is 10.3 Å². The van der Waals surface area contributed by atoms with E-state index in [0.717, 1.165) is 6.07 Å². The predicted molar refractivity (Wildman–Crippen MR) is 119 cm³/mol.